The summed E-state index contributed by atoms with van der Waals surface area (Å²) < 4.78 is 0. The van der Waals surface area contributed by atoms with Gasteiger partial charge < -0.3 is 14.7 Å². The largest absolute Gasteiger partial charge is 0.340 e. The second-order valence-corrected chi connectivity index (χ2v) is 6.14. The number of rotatable bonds is 2. The maximum absolute atomic E-state index is 12.5. The Morgan fingerprint density at radius 1 is 1.00 bits per heavy atom. The minimum atomic E-state index is -0.0731. The third kappa shape index (κ3) is 3.14. The molecule has 0 bridgehead atoms. The fourth-order valence-corrected chi connectivity index (χ4v) is 3.19. The Balaban J connectivity index is 1.64. The van der Waals surface area contributed by atoms with Gasteiger partial charge in [-0.3, -0.25) is 9.59 Å². The highest BCUT2D eigenvalue weighted by atomic mass is 16.2. The summed E-state index contributed by atoms with van der Waals surface area (Å²) in [6.45, 7) is 3.92. The van der Waals surface area contributed by atoms with Gasteiger partial charge >= 0.3 is 0 Å². The molecule has 2 aliphatic heterocycles. The van der Waals surface area contributed by atoms with E-state index >= 15 is 0 Å². The monoisotopic (exact) mass is 301 g/mol. The summed E-state index contributed by atoms with van der Waals surface area (Å²) in [6, 6.07) is 8.00. The number of para-hydroxylation sites is 1. The van der Waals surface area contributed by atoms with Crippen molar-refractivity contribution in [2.24, 2.45) is 0 Å². The highest BCUT2D eigenvalue weighted by Gasteiger charge is 2.26. The first-order valence-corrected chi connectivity index (χ1v) is 8.00. The third-order valence-electron chi connectivity index (χ3n) is 4.57. The maximum atomic E-state index is 12.5. The second-order valence-electron chi connectivity index (χ2n) is 6.14. The molecular weight excluding hydrogens is 278 g/mol. The van der Waals surface area contributed by atoms with Crippen molar-refractivity contribution in [3.05, 3.63) is 29.8 Å². The fourth-order valence-electron chi connectivity index (χ4n) is 3.19. The SMILES string of the molecule is CN1CCN(C(=O)CC(=O)N2CCCc3ccccc32)CC1. The molecule has 1 aromatic rings. The molecule has 2 heterocycles. The normalized spacial score (nSPS) is 19.0. The second kappa shape index (κ2) is 6.48. The summed E-state index contributed by atoms with van der Waals surface area (Å²) in [6.07, 6.45) is 1.95. The summed E-state index contributed by atoms with van der Waals surface area (Å²) in [5, 5.41) is 0. The topological polar surface area (TPSA) is 43.9 Å². The van der Waals surface area contributed by atoms with E-state index in [4.69, 9.17) is 0 Å². The molecule has 0 aliphatic carbocycles. The Morgan fingerprint density at radius 3 is 2.50 bits per heavy atom. The summed E-state index contributed by atoms with van der Waals surface area (Å²) in [5.74, 6) is -0.114. The number of amides is 2. The number of likely N-dealkylation sites (N-methyl/N-ethyl adjacent to an activating group) is 1. The van der Waals surface area contributed by atoms with E-state index in [0.717, 1.165) is 44.7 Å². The first kappa shape index (κ1) is 15.0. The summed E-state index contributed by atoms with van der Waals surface area (Å²) in [4.78, 5) is 30.7. The van der Waals surface area contributed by atoms with Gasteiger partial charge in [0.1, 0.15) is 6.42 Å². The lowest BCUT2D eigenvalue weighted by molar-refractivity contribution is -0.136. The number of anilines is 1. The van der Waals surface area contributed by atoms with Gasteiger partial charge in [-0.05, 0) is 31.5 Å². The number of aryl methyl sites for hydroxylation is 1. The molecule has 1 saturated heterocycles. The molecule has 0 spiro atoms. The molecule has 1 aromatic carbocycles. The fraction of sp³-hybridized carbons (Fsp3) is 0.529. The first-order chi connectivity index (χ1) is 10.6. The van der Waals surface area contributed by atoms with E-state index < -0.39 is 0 Å². The Hall–Kier alpha value is -1.88. The van der Waals surface area contributed by atoms with E-state index in [-0.39, 0.29) is 18.2 Å². The molecule has 2 aliphatic rings. The van der Waals surface area contributed by atoms with Gasteiger partial charge in [0, 0.05) is 38.4 Å². The molecule has 0 unspecified atom stereocenters. The van der Waals surface area contributed by atoms with E-state index in [2.05, 4.69) is 18.0 Å². The van der Waals surface area contributed by atoms with Crippen LogP contribution in [0.1, 0.15) is 18.4 Å². The highest BCUT2D eigenvalue weighted by Crippen LogP contribution is 2.27. The van der Waals surface area contributed by atoms with Crippen molar-refractivity contribution in [1.29, 1.82) is 0 Å². The number of hydrogen-bond acceptors (Lipinski definition) is 3. The zero-order valence-corrected chi connectivity index (χ0v) is 13.1. The van der Waals surface area contributed by atoms with Crippen LogP contribution >= 0.6 is 0 Å². The number of carbonyl (C=O) groups is 2. The van der Waals surface area contributed by atoms with E-state index in [9.17, 15) is 9.59 Å². The van der Waals surface area contributed by atoms with Gasteiger partial charge in [-0.15, -0.1) is 0 Å². The lowest BCUT2D eigenvalue weighted by Gasteiger charge is -2.33. The van der Waals surface area contributed by atoms with Crippen LogP contribution in [0.3, 0.4) is 0 Å². The average molecular weight is 301 g/mol. The van der Waals surface area contributed by atoms with Gasteiger partial charge in [0.2, 0.25) is 11.8 Å². The van der Waals surface area contributed by atoms with E-state index in [1.165, 1.54) is 5.56 Å². The number of fused-ring (bicyclic) bond motifs is 1. The van der Waals surface area contributed by atoms with Crippen LogP contribution in [0.2, 0.25) is 0 Å². The highest BCUT2D eigenvalue weighted by molar-refractivity contribution is 6.05. The van der Waals surface area contributed by atoms with Crippen molar-refractivity contribution < 1.29 is 9.59 Å². The van der Waals surface area contributed by atoms with Crippen molar-refractivity contribution in [3.8, 4) is 0 Å². The molecule has 0 N–H and O–H groups in total. The van der Waals surface area contributed by atoms with Gasteiger partial charge in [-0.2, -0.15) is 0 Å². The Morgan fingerprint density at radius 2 is 1.73 bits per heavy atom. The molecule has 118 valence electrons. The molecular formula is C17H23N3O2. The number of piperazine rings is 1. The lowest BCUT2D eigenvalue weighted by Crippen LogP contribution is -2.48. The molecule has 0 radical (unpaired) electrons. The van der Waals surface area contributed by atoms with Gasteiger partial charge in [0.05, 0.1) is 0 Å². The van der Waals surface area contributed by atoms with Crippen molar-refractivity contribution in [2.45, 2.75) is 19.3 Å². The molecule has 5 heteroatoms. The van der Waals surface area contributed by atoms with Gasteiger partial charge in [-0.1, -0.05) is 18.2 Å². The molecule has 5 nitrogen and oxygen atoms in total. The molecule has 1 fully saturated rings. The van der Waals surface area contributed by atoms with Gasteiger partial charge in [0.25, 0.3) is 0 Å². The maximum Gasteiger partial charge on any atom is 0.236 e. The van der Waals surface area contributed by atoms with Crippen molar-refractivity contribution in [1.82, 2.24) is 9.80 Å². The van der Waals surface area contributed by atoms with E-state index in [1.54, 1.807) is 4.90 Å². The summed E-state index contributed by atoms with van der Waals surface area (Å²) in [7, 11) is 2.05. The minimum absolute atomic E-state index is 0.0158. The van der Waals surface area contributed by atoms with Crippen LogP contribution in [0.4, 0.5) is 5.69 Å². The quantitative estimate of drug-likeness (QED) is 0.769. The lowest BCUT2D eigenvalue weighted by atomic mass is 10.0. The van der Waals surface area contributed by atoms with E-state index in [1.807, 2.05) is 23.1 Å². The van der Waals surface area contributed by atoms with E-state index in [0.29, 0.717) is 6.54 Å². The van der Waals surface area contributed by atoms with Crippen LogP contribution in [0, 0.1) is 0 Å². The number of benzene rings is 1. The van der Waals surface area contributed by atoms with Crippen LogP contribution < -0.4 is 4.90 Å². The Kier molecular flexibility index (Phi) is 4.43. The van der Waals surface area contributed by atoms with Gasteiger partial charge in [-0.25, -0.2) is 0 Å². The molecule has 0 aromatic heterocycles. The standard InChI is InChI=1S/C17H23N3O2/c1-18-9-11-19(12-10-18)16(21)13-17(22)20-8-4-6-14-5-2-3-7-15(14)20/h2-3,5,7H,4,6,8-13H2,1H3. The predicted octanol–water partition coefficient (Wildman–Crippen LogP) is 1.13. The molecule has 3 rings (SSSR count). The molecule has 0 saturated carbocycles. The molecule has 2 amide bonds. The minimum Gasteiger partial charge on any atom is -0.340 e. The van der Waals surface area contributed by atoms with Crippen LogP contribution in [0.25, 0.3) is 0 Å². The van der Waals surface area contributed by atoms with Crippen LogP contribution in [0.15, 0.2) is 24.3 Å². The van der Waals surface area contributed by atoms with Crippen LogP contribution in [0.5, 0.6) is 0 Å². The molecule has 22 heavy (non-hydrogen) atoms. The molecule has 0 atom stereocenters. The average Bonchev–Trinajstić information content (AvgIpc) is 2.54. The smallest absolute Gasteiger partial charge is 0.236 e. The zero-order chi connectivity index (χ0) is 15.5. The first-order valence-electron chi connectivity index (χ1n) is 8.00. The van der Waals surface area contributed by atoms with Crippen molar-refractivity contribution in [2.75, 3.05) is 44.7 Å². The zero-order valence-electron chi connectivity index (χ0n) is 13.1. The number of carbonyl (C=O) groups excluding carboxylic acids is 2. The summed E-state index contributed by atoms with van der Waals surface area (Å²) >= 11 is 0. The van der Waals surface area contributed by atoms with Gasteiger partial charge in [0.15, 0.2) is 0 Å². The Bertz CT molecular complexity index is 565. The third-order valence-corrected chi connectivity index (χ3v) is 4.57. The van der Waals surface area contributed by atoms with Crippen LogP contribution in [-0.4, -0.2) is 61.4 Å². The number of hydrogen-bond donors (Lipinski definition) is 0. The van der Waals surface area contributed by atoms with Crippen LogP contribution in [-0.2, 0) is 16.0 Å². The summed E-state index contributed by atoms with van der Waals surface area (Å²) in [5.41, 5.74) is 2.18. The number of nitrogens with zero attached hydrogens (tertiary/aromatic N) is 3. The van der Waals surface area contributed by atoms with Crippen molar-refractivity contribution in [3.63, 3.8) is 0 Å². The Labute approximate surface area is 131 Å². The van der Waals surface area contributed by atoms with Crippen molar-refractivity contribution >= 4 is 17.5 Å². The predicted molar refractivity (Wildman–Crippen MR) is 85.8 cm³/mol.